The Kier molecular flexibility index (Phi) is 6.34. The van der Waals surface area contributed by atoms with E-state index in [2.05, 4.69) is 23.1 Å². The third-order valence-corrected chi connectivity index (χ3v) is 4.00. The number of likely N-dealkylation sites (tertiary alicyclic amines) is 1. The van der Waals surface area contributed by atoms with Crippen LogP contribution < -0.4 is 4.74 Å². The Bertz CT molecular complexity index is 394. The molecule has 0 bridgehead atoms. The molecule has 1 aliphatic rings. The van der Waals surface area contributed by atoms with E-state index in [1.807, 2.05) is 13.0 Å². The molecule has 0 amide bonds. The summed E-state index contributed by atoms with van der Waals surface area (Å²) in [5, 5.41) is 0. The Labute approximate surface area is 122 Å². The van der Waals surface area contributed by atoms with E-state index in [0.29, 0.717) is 0 Å². The van der Waals surface area contributed by atoms with E-state index in [-0.39, 0.29) is 0 Å². The fourth-order valence-corrected chi connectivity index (χ4v) is 2.99. The quantitative estimate of drug-likeness (QED) is 0.763. The minimum atomic E-state index is 0.730. The van der Waals surface area contributed by atoms with Crippen LogP contribution in [0.15, 0.2) is 24.3 Å². The fourth-order valence-electron chi connectivity index (χ4n) is 2.99. The lowest BCUT2D eigenvalue weighted by Gasteiger charge is -2.33. The Morgan fingerprint density at radius 2 is 2.15 bits per heavy atom. The van der Waals surface area contributed by atoms with Crippen molar-refractivity contribution in [2.24, 2.45) is 5.92 Å². The Morgan fingerprint density at radius 3 is 2.95 bits per heavy atom. The molecule has 1 saturated heterocycles. The standard InChI is InChI=1S/C17H27NO2/c1-3-20-17-9-5-4-8-16(17)14-18-11-6-7-15(13-18)10-12-19-2/h4-5,8-9,15H,3,6-7,10-14H2,1-2H3/t15-/m0/s1. The third-order valence-electron chi connectivity index (χ3n) is 4.00. The first-order valence-corrected chi connectivity index (χ1v) is 7.75. The van der Waals surface area contributed by atoms with Gasteiger partial charge in [-0.15, -0.1) is 0 Å². The normalized spacial score (nSPS) is 20.0. The lowest BCUT2D eigenvalue weighted by atomic mass is 9.95. The van der Waals surface area contributed by atoms with E-state index < -0.39 is 0 Å². The first-order chi connectivity index (χ1) is 9.83. The lowest BCUT2D eigenvalue weighted by molar-refractivity contribution is 0.122. The SMILES string of the molecule is CCOc1ccccc1CN1CCC[C@@H](CCOC)C1. The molecule has 112 valence electrons. The summed E-state index contributed by atoms with van der Waals surface area (Å²) in [6.45, 7) is 7.04. The topological polar surface area (TPSA) is 21.7 Å². The van der Waals surface area contributed by atoms with Crippen molar-refractivity contribution in [3.63, 3.8) is 0 Å². The first kappa shape index (κ1) is 15.3. The minimum Gasteiger partial charge on any atom is -0.494 e. The molecule has 3 nitrogen and oxygen atoms in total. The van der Waals surface area contributed by atoms with E-state index in [1.165, 1.54) is 37.9 Å². The van der Waals surface area contributed by atoms with Gasteiger partial charge in [-0.25, -0.2) is 0 Å². The third kappa shape index (κ3) is 4.50. The van der Waals surface area contributed by atoms with Crippen LogP contribution in [0.25, 0.3) is 0 Å². The van der Waals surface area contributed by atoms with Crippen LogP contribution in [-0.4, -0.2) is 38.3 Å². The zero-order chi connectivity index (χ0) is 14.2. The van der Waals surface area contributed by atoms with Crippen molar-refractivity contribution in [3.05, 3.63) is 29.8 Å². The highest BCUT2D eigenvalue weighted by molar-refractivity contribution is 5.33. The van der Waals surface area contributed by atoms with Crippen molar-refractivity contribution in [1.29, 1.82) is 0 Å². The van der Waals surface area contributed by atoms with Gasteiger partial charge in [0.2, 0.25) is 0 Å². The van der Waals surface area contributed by atoms with Gasteiger partial charge >= 0.3 is 0 Å². The molecule has 0 spiro atoms. The molecular weight excluding hydrogens is 250 g/mol. The summed E-state index contributed by atoms with van der Waals surface area (Å²) in [6.07, 6.45) is 3.82. The fraction of sp³-hybridized carbons (Fsp3) is 0.647. The molecule has 0 saturated carbocycles. The highest BCUT2D eigenvalue weighted by atomic mass is 16.5. The van der Waals surface area contributed by atoms with Crippen LogP contribution in [0.3, 0.4) is 0 Å². The van der Waals surface area contributed by atoms with E-state index in [9.17, 15) is 0 Å². The Hall–Kier alpha value is -1.06. The summed E-state index contributed by atoms with van der Waals surface area (Å²) in [6, 6.07) is 8.41. The van der Waals surface area contributed by atoms with Crippen LogP contribution in [-0.2, 0) is 11.3 Å². The summed E-state index contributed by atoms with van der Waals surface area (Å²) in [7, 11) is 1.79. The molecule has 1 aromatic carbocycles. The van der Waals surface area contributed by atoms with Gasteiger partial charge in [0.05, 0.1) is 6.61 Å². The second-order valence-corrected chi connectivity index (χ2v) is 5.57. The number of para-hydroxylation sites is 1. The van der Waals surface area contributed by atoms with E-state index >= 15 is 0 Å². The molecule has 2 rings (SSSR count). The highest BCUT2D eigenvalue weighted by Crippen LogP contribution is 2.24. The van der Waals surface area contributed by atoms with Gasteiger partial charge < -0.3 is 9.47 Å². The average Bonchev–Trinajstić information content (AvgIpc) is 2.48. The highest BCUT2D eigenvalue weighted by Gasteiger charge is 2.20. The molecule has 0 N–H and O–H groups in total. The number of ether oxygens (including phenoxy) is 2. The molecule has 0 unspecified atom stereocenters. The molecule has 0 aromatic heterocycles. The van der Waals surface area contributed by atoms with Crippen molar-refractivity contribution in [3.8, 4) is 5.75 Å². The number of nitrogens with zero attached hydrogens (tertiary/aromatic N) is 1. The largest absolute Gasteiger partial charge is 0.494 e. The van der Waals surface area contributed by atoms with Gasteiger partial charge in [-0.1, -0.05) is 18.2 Å². The van der Waals surface area contributed by atoms with Gasteiger partial charge in [-0.3, -0.25) is 4.90 Å². The number of piperidine rings is 1. The molecule has 20 heavy (non-hydrogen) atoms. The Balaban J connectivity index is 1.92. The molecule has 1 heterocycles. The monoisotopic (exact) mass is 277 g/mol. The zero-order valence-corrected chi connectivity index (χ0v) is 12.8. The molecule has 1 fully saturated rings. The van der Waals surface area contributed by atoms with Crippen LogP contribution in [0.2, 0.25) is 0 Å². The second-order valence-electron chi connectivity index (χ2n) is 5.57. The van der Waals surface area contributed by atoms with Gasteiger partial charge in [-0.2, -0.15) is 0 Å². The lowest BCUT2D eigenvalue weighted by Crippen LogP contribution is -2.35. The number of rotatable bonds is 7. The van der Waals surface area contributed by atoms with E-state index in [0.717, 1.165) is 31.4 Å². The molecule has 1 atom stereocenters. The maximum absolute atomic E-state index is 5.72. The summed E-state index contributed by atoms with van der Waals surface area (Å²) in [4.78, 5) is 2.56. The number of hydrogen-bond acceptors (Lipinski definition) is 3. The van der Waals surface area contributed by atoms with E-state index in [4.69, 9.17) is 9.47 Å². The summed E-state index contributed by atoms with van der Waals surface area (Å²) in [5.41, 5.74) is 1.31. The number of methoxy groups -OCH3 is 1. The van der Waals surface area contributed by atoms with Gasteiger partial charge in [0.1, 0.15) is 5.75 Å². The van der Waals surface area contributed by atoms with Gasteiger partial charge in [0.25, 0.3) is 0 Å². The smallest absolute Gasteiger partial charge is 0.123 e. The summed E-state index contributed by atoms with van der Waals surface area (Å²) in [5.74, 6) is 1.82. The number of benzene rings is 1. The molecule has 1 aromatic rings. The average molecular weight is 277 g/mol. The second kappa shape index (κ2) is 8.28. The maximum atomic E-state index is 5.72. The summed E-state index contributed by atoms with van der Waals surface area (Å²) >= 11 is 0. The summed E-state index contributed by atoms with van der Waals surface area (Å²) < 4.78 is 10.9. The predicted octanol–water partition coefficient (Wildman–Crippen LogP) is 3.33. The van der Waals surface area contributed by atoms with Crippen molar-refractivity contribution in [1.82, 2.24) is 4.90 Å². The van der Waals surface area contributed by atoms with Crippen LogP contribution >= 0.6 is 0 Å². The maximum Gasteiger partial charge on any atom is 0.123 e. The van der Waals surface area contributed by atoms with Crippen LogP contribution in [0.4, 0.5) is 0 Å². The first-order valence-electron chi connectivity index (χ1n) is 7.75. The van der Waals surface area contributed by atoms with Crippen molar-refractivity contribution in [2.75, 3.05) is 33.4 Å². The predicted molar refractivity (Wildman–Crippen MR) is 82.1 cm³/mol. The van der Waals surface area contributed by atoms with Crippen molar-refractivity contribution < 1.29 is 9.47 Å². The molecule has 0 radical (unpaired) electrons. The van der Waals surface area contributed by atoms with Crippen LogP contribution in [0.1, 0.15) is 31.7 Å². The minimum absolute atomic E-state index is 0.730. The van der Waals surface area contributed by atoms with E-state index in [1.54, 1.807) is 7.11 Å². The van der Waals surface area contributed by atoms with Crippen LogP contribution in [0, 0.1) is 5.92 Å². The van der Waals surface area contributed by atoms with Gasteiger partial charge in [0, 0.05) is 32.4 Å². The number of hydrogen-bond donors (Lipinski definition) is 0. The molecule has 3 heteroatoms. The van der Waals surface area contributed by atoms with Gasteiger partial charge in [-0.05, 0) is 44.7 Å². The molecule has 0 aliphatic carbocycles. The van der Waals surface area contributed by atoms with Gasteiger partial charge in [0.15, 0.2) is 0 Å². The molecular formula is C17H27NO2. The molecule has 1 aliphatic heterocycles. The zero-order valence-electron chi connectivity index (χ0n) is 12.8. The van der Waals surface area contributed by atoms with Crippen molar-refractivity contribution >= 4 is 0 Å². The van der Waals surface area contributed by atoms with Crippen molar-refractivity contribution in [2.45, 2.75) is 32.7 Å². The van der Waals surface area contributed by atoms with Crippen LogP contribution in [0.5, 0.6) is 5.75 Å². The Morgan fingerprint density at radius 1 is 1.30 bits per heavy atom.